The van der Waals surface area contributed by atoms with E-state index < -0.39 is 0 Å². The van der Waals surface area contributed by atoms with Gasteiger partial charge in [0.2, 0.25) is 5.91 Å². The lowest BCUT2D eigenvalue weighted by Gasteiger charge is -2.26. The Morgan fingerprint density at radius 2 is 1.93 bits per heavy atom. The summed E-state index contributed by atoms with van der Waals surface area (Å²) in [6.07, 6.45) is 0.916. The number of likely N-dealkylation sites (N-methyl/N-ethyl adjacent to an activating group) is 1. The van der Waals surface area contributed by atoms with E-state index in [2.05, 4.69) is 5.10 Å². The quantitative estimate of drug-likeness (QED) is 0.724. The molecular formula is C22H26FN3O2S. The van der Waals surface area contributed by atoms with Gasteiger partial charge in [-0.15, -0.1) is 11.3 Å². The maximum atomic E-state index is 13.4. The maximum absolute atomic E-state index is 13.4. The summed E-state index contributed by atoms with van der Waals surface area (Å²) in [6, 6.07) is 9.74. The molecule has 1 atom stereocenters. The Morgan fingerprint density at radius 1 is 1.24 bits per heavy atom. The highest BCUT2D eigenvalue weighted by Gasteiger charge is 2.34. The molecule has 1 aromatic carbocycles. The van der Waals surface area contributed by atoms with Crippen molar-refractivity contribution in [1.82, 2.24) is 9.91 Å². The maximum Gasteiger partial charge on any atom is 0.262 e. The molecule has 0 bridgehead atoms. The number of nitrogens with zero attached hydrogens (tertiary/aromatic N) is 3. The number of thiophene rings is 1. The second-order valence-corrected chi connectivity index (χ2v) is 9.47. The summed E-state index contributed by atoms with van der Waals surface area (Å²) in [6.45, 7) is 5.92. The Bertz CT molecular complexity index is 901. The van der Waals surface area contributed by atoms with Gasteiger partial charge in [0, 0.05) is 19.9 Å². The minimum atomic E-state index is -0.323. The van der Waals surface area contributed by atoms with E-state index in [-0.39, 0.29) is 35.6 Å². The number of rotatable bonds is 5. The number of amides is 2. The van der Waals surface area contributed by atoms with Crippen molar-refractivity contribution in [3.63, 3.8) is 0 Å². The van der Waals surface area contributed by atoms with E-state index in [1.165, 1.54) is 22.0 Å². The van der Waals surface area contributed by atoms with Gasteiger partial charge in [-0.2, -0.15) is 5.10 Å². The lowest BCUT2D eigenvalue weighted by Crippen LogP contribution is -2.40. The van der Waals surface area contributed by atoms with Gasteiger partial charge in [0.1, 0.15) is 12.4 Å². The number of hydrogen-bond acceptors (Lipinski definition) is 4. The molecule has 0 radical (unpaired) electrons. The van der Waals surface area contributed by atoms with E-state index in [0.717, 1.165) is 16.2 Å². The standard InChI is InChI=1S/C22H26FN3O2S/c1-22(2,3)13-20(27)25(4)14-21(28)26-18(15-7-9-16(23)10-8-15)12-17(24-26)19-6-5-11-29-19/h5-11,18H,12-14H2,1-4H3/t18-/m1/s1. The van der Waals surface area contributed by atoms with Crippen LogP contribution in [0.4, 0.5) is 4.39 Å². The summed E-state index contributed by atoms with van der Waals surface area (Å²) in [5.41, 5.74) is 1.49. The van der Waals surface area contributed by atoms with Gasteiger partial charge in [-0.05, 0) is 34.6 Å². The van der Waals surface area contributed by atoms with E-state index in [0.29, 0.717) is 12.8 Å². The second-order valence-electron chi connectivity index (χ2n) is 8.52. The molecule has 0 aliphatic carbocycles. The molecule has 7 heteroatoms. The first-order valence-corrected chi connectivity index (χ1v) is 10.4. The smallest absolute Gasteiger partial charge is 0.262 e. The minimum Gasteiger partial charge on any atom is -0.336 e. The predicted octanol–water partition coefficient (Wildman–Crippen LogP) is 4.46. The van der Waals surface area contributed by atoms with Crippen molar-refractivity contribution < 1.29 is 14.0 Å². The van der Waals surface area contributed by atoms with E-state index in [9.17, 15) is 14.0 Å². The van der Waals surface area contributed by atoms with Gasteiger partial charge >= 0.3 is 0 Å². The molecule has 5 nitrogen and oxygen atoms in total. The van der Waals surface area contributed by atoms with Crippen LogP contribution in [0.3, 0.4) is 0 Å². The molecule has 0 unspecified atom stereocenters. The van der Waals surface area contributed by atoms with Crippen molar-refractivity contribution in [1.29, 1.82) is 0 Å². The molecule has 2 amide bonds. The number of benzene rings is 1. The topological polar surface area (TPSA) is 53.0 Å². The fourth-order valence-electron chi connectivity index (χ4n) is 3.23. The molecule has 0 N–H and O–H groups in total. The molecule has 2 aromatic rings. The molecule has 1 aliphatic rings. The summed E-state index contributed by atoms with van der Waals surface area (Å²) in [7, 11) is 1.64. The zero-order valence-corrected chi connectivity index (χ0v) is 18.0. The van der Waals surface area contributed by atoms with Gasteiger partial charge in [0.05, 0.1) is 16.6 Å². The third kappa shape index (κ3) is 5.29. The third-order valence-corrected chi connectivity index (χ3v) is 5.62. The van der Waals surface area contributed by atoms with Crippen LogP contribution in [0.15, 0.2) is 46.9 Å². The SMILES string of the molecule is CN(CC(=O)N1N=C(c2cccs2)C[C@@H]1c1ccc(F)cc1)C(=O)CC(C)(C)C. The fourth-order valence-corrected chi connectivity index (χ4v) is 3.95. The molecule has 0 saturated heterocycles. The van der Waals surface area contributed by atoms with Gasteiger partial charge in [-0.25, -0.2) is 9.40 Å². The average Bonchev–Trinajstić information content (AvgIpc) is 3.30. The number of hydrogen-bond donors (Lipinski definition) is 0. The van der Waals surface area contributed by atoms with Gasteiger partial charge in [0.15, 0.2) is 0 Å². The van der Waals surface area contributed by atoms with Gasteiger partial charge in [-0.1, -0.05) is 39.0 Å². The molecule has 1 aliphatic heterocycles. The van der Waals surface area contributed by atoms with Crippen molar-refractivity contribution >= 4 is 28.9 Å². The van der Waals surface area contributed by atoms with E-state index in [4.69, 9.17) is 0 Å². The van der Waals surface area contributed by atoms with Crippen LogP contribution in [-0.2, 0) is 9.59 Å². The molecular weight excluding hydrogens is 389 g/mol. The van der Waals surface area contributed by atoms with Crippen LogP contribution in [0.2, 0.25) is 0 Å². The third-order valence-electron chi connectivity index (χ3n) is 4.71. The molecule has 3 rings (SSSR count). The normalized spacial score (nSPS) is 16.7. The average molecular weight is 416 g/mol. The summed E-state index contributed by atoms with van der Waals surface area (Å²) in [5, 5.41) is 7.99. The monoisotopic (exact) mass is 415 g/mol. The van der Waals surface area contributed by atoms with Crippen LogP contribution in [0.1, 0.15) is 50.1 Å². The first-order chi connectivity index (χ1) is 13.6. The number of carbonyl (C=O) groups excluding carboxylic acids is 2. The van der Waals surface area contributed by atoms with Crippen molar-refractivity contribution in [3.8, 4) is 0 Å². The molecule has 29 heavy (non-hydrogen) atoms. The lowest BCUT2D eigenvalue weighted by atomic mass is 9.92. The molecule has 1 aromatic heterocycles. The second kappa shape index (κ2) is 8.45. The van der Waals surface area contributed by atoms with E-state index >= 15 is 0 Å². The van der Waals surface area contributed by atoms with E-state index in [1.54, 1.807) is 30.5 Å². The Balaban J connectivity index is 1.80. The van der Waals surface area contributed by atoms with Crippen LogP contribution >= 0.6 is 11.3 Å². The summed E-state index contributed by atoms with van der Waals surface area (Å²) in [5.74, 6) is -0.655. The lowest BCUT2D eigenvalue weighted by molar-refractivity contribution is -0.141. The van der Waals surface area contributed by atoms with Crippen LogP contribution in [-0.4, -0.2) is 41.0 Å². The number of hydrazone groups is 1. The molecule has 154 valence electrons. The van der Waals surface area contributed by atoms with Crippen LogP contribution < -0.4 is 0 Å². The van der Waals surface area contributed by atoms with Crippen molar-refractivity contribution in [3.05, 3.63) is 58.0 Å². The number of halogens is 1. The highest BCUT2D eigenvalue weighted by atomic mass is 32.1. The molecule has 0 spiro atoms. The highest BCUT2D eigenvalue weighted by molar-refractivity contribution is 7.12. The molecule has 2 heterocycles. The Kier molecular flexibility index (Phi) is 6.17. The zero-order chi connectivity index (χ0) is 21.2. The minimum absolute atomic E-state index is 0.0478. The van der Waals surface area contributed by atoms with Crippen molar-refractivity contribution in [2.45, 2.75) is 39.7 Å². The number of carbonyl (C=O) groups is 2. The zero-order valence-electron chi connectivity index (χ0n) is 17.2. The van der Waals surface area contributed by atoms with E-state index in [1.807, 2.05) is 38.3 Å². The van der Waals surface area contributed by atoms with Gasteiger partial charge in [-0.3, -0.25) is 9.59 Å². The summed E-state index contributed by atoms with van der Waals surface area (Å²) >= 11 is 1.57. The van der Waals surface area contributed by atoms with Gasteiger partial charge in [0.25, 0.3) is 5.91 Å². The Morgan fingerprint density at radius 3 is 2.52 bits per heavy atom. The summed E-state index contributed by atoms with van der Waals surface area (Å²) in [4.78, 5) is 27.9. The van der Waals surface area contributed by atoms with Crippen molar-refractivity contribution in [2.75, 3.05) is 13.6 Å². The Labute approximate surface area is 174 Å². The van der Waals surface area contributed by atoms with Crippen LogP contribution in [0.25, 0.3) is 0 Å². The first-order valence-electron chi connectivity index (χ1n) is 9.57. The van der Waals surface area contributed by atoms with Crippen LogP contribution in [0.5, 0.6) is 0 Å². The summed E-state index contributed by atoms with van der Waals surface area (Å²) < 4.78 is 13.4. The fraction of sp³-hybridized carbons (Fsp3) is 0.409. The Hall–Kier alpha value is -2.54. The largest absolute Gasteiger partial charge is 0.336 e. The van der Waals surface area contributed by atoms with Crippen molar-refractivity contribution in [2.24, 2.45) is 10.5 Å². The highest BCUT2D eigenvalue weighted by Crippen LogP contribution is 2.34. The van der Waals surface area contributed by atoms with Crippen LogP contribution in [0, 0.1) is 11.2 Å². The molecule has 0 saturated carbocycles. The predicted molar refractivity (Wildman–Crippen MR) is 113 cm³/mol. The molecule has 0 fully saturated rings. The first kappa shape index (κ1) is 21.2. The van der Waals surface area contributed by atoms with Gasteiger partial charge < -0.3 is 4.90 Å².